The SMILES string of the molecule is c1ccc(-c2nc3c(N(c4ccccc4)c4cccc(-c5cccc6sc7ccccc7c56)c4)cc4ccccc4c3o2)cc1. The molecule has 0 amide bonds. The molecule has 212 valence electrons. The largest absolute Gasteiger partial charge is 0.435 e. The zero-order valence-electron chi connectivity index (χ0n) is 24.2. The van der Waals surface area contributed by atoms with Crippen LogP contribution in [0.5, 0.6) is 0 Å². The third kappa shape index (κ3) is 4.30. The van der Waals surface area contributed by atoms with Gasteiger partial charge in [-0.05, 0) is 71.1 Å². The van der Waals surface area contributed by atoms with Crippen LogP contribution in [-0.4, -0.2) is 4.98 Å². The molecule has 0 aliphatic heterocycles. The second-order valence-corrected chi connectivity index (χ2v) is 12.3. The molecule has 4 heteroatoms. The van der Waals surface area contributed by atoms with Crippen LogP contribution in [0.1, 0.15) is 0 Å². The standard InChI is InChI=1S/C41H26N2OS/c1-3-13-27(14-4-1)41-42-39-35(26-29-15-7-8-20-33(29)40(39)44-41)43(30-17-5-2-6-18-30)31-19-11-16-28(25-31)32-22-12-24-37-38(32)34-21-9-10-23-36(34)45-37/h1-26H. The summed E-state index contributed by atoms with van der Waals surface area (Å²) in [5.41, 5.74) is 8.04. The molecule has 0 atom stereocenters. The summed E-state index contributed by atoms with van der Waals surface area (Å²) < 4.78 is 9.17. The van der Waals surface area contributed by atoms with Gasteiger partial charge in [0, 0.05) is 42.5 Å². The zero-order valence-corrected chi connectivity index (χ0v) is 25.0. The maximum atomic E-state index is 6.57. The lowest BCUT2D eigenvalue weighted by molar-refractivity contribution is 0.623. The quantitative estimate of drug-likeness (QED) is 0.198. The Labute approximate surface area is 264 Å². The first-order chi connectivity index (χ1) is 22.3. The van der Waals surface area contributed by atoms with Crippen LogP contribution < -0.4 is 4.90 Å². The molecule has 0 aliphatic carbocycles. The van der Waals surface area contributed by atoms with Crippen LogP contribution in [0.4, 0.5) is 17.1 Å². The molecule has 0 aliphatic rings. The van der Waals surface area contributed by atoms with Crippen LogP contribution in [-0.2, 0) is 0 Å². The molecule has 0 saturated carbocycles. The predicted octanol–water partition coefficient (Wildman–Crippen LogP) is 12.2. The van der Waals surface area contributed by atoms with E-state index < -0.39 is 0 Å². The minimum Gasteiger partial charge on any atom is -0.435 e. The number of aromatic nitrogens is 1. The van der Waals surface area contributed by atoms with Gasteiger partial charge in [-0.25, -0.2) is 4.98 Å². The molecule has 0 unspecified atom stereocenters. The number of benzene rings is 7. The van der Waals surface area contributed by atoms with Crippen LogP contribution >= 0.6 is 11.3 Å². The van der Waals surface area contributed by atoms with Gasteiger partial charge in [0.05, 0.1) is 5.69 Å². The highest BCUT2D eigenvalue weighted by Gasteiger charge is 2.22. The number of fused-ring (bicyclic) bond motifs is 6. The minimum absolute atomic E-state index is 0.612. The lowest BCUT2D eigenvalue weighted by Gasteiger charge is -2.26. The van der Waals surface area contributed by atoms with Gasteiger partial charge in [0.15, 0.2) is 5.58 Å². The summed E-state index contributed by atoms with van der Waals surface area (Å²) in [6.07, 6.45) is 0. The van der Waals surface area contributed by atoms with Crippen LogP contribution in [0.25, 0.3) is 64.6 Å². The topological polar surface area (TPSA) is 29.3 Å². The van der Waals surface area contributed by atoms with E-state index in [1.807, 2.05) is 41.7 Å². The molecule has 0 bridgehead atoms. The van der Waals surface area contributed by atoms with E-state index in [0.717, 1.165) is 44.5 Å². The first kappa shape index (κ1) is 25.8. The number of nitrogens with zero attached hydrogens (tertiary/aromatic N) is 2. The van der Waals surface area contributed by atoms with Crippen molar-refractivity contribution < 1.29 is 4.42 Å². The summed E-state index contributed by atoms with van der Waals surface area (Å²) in [6, 6.07) is 55.5. The molecule has 7 aromatic carbocycles. The molecule has 9 rings (SSSR count). The van der Waals surface area contributed by atoms with E-state index in [9.17, 15) is 0 Å². The van der Waals surface area contributed by atoms with Gasteiger partial charge in [-0.3, -0.25) is 0 Å². The first-order valence-electron chi connectivity index (χ1n) is 15.1. The van der Waals surface area contributed by atoms with Gasteiger partial charge in [-0.1, -0.05) is 103 Å². The van der Waals surface area contributed by atoms with Gasteiger partial charge in [0.25, 0.3) is 0 Å². The fourth-order valence-corrected chi connectivity index (χ4v) is 7.56. The Morgan fingerprint density at radius 1 is 0.533 bits per heavy atom. The Morgan fingerprint density at radius 3 is 2.07 bits per heavy atom. The Bertz CT molecular complexity index is 2500. The number of hydrogen-bond acceptors (Lipinski definition) is 4. The number of hydrogen-bond donors (Lipinski definition) is 0. The molecule has 0 radical (unpaired) electrons. The molecule has 0 spiro atoms. The van der Waals surface area contributed by atoms with Gasteiger partial charge in [-0.2, -0.15) is 0 Å². The van der Waals surface area contributed by atoms with E-state index in [1.54, 1.807) is 0 Å². The highest BCUT2D eigenvalue weighted by molar-refractivity contribution is 7.25. The summed E-state index contributed by atoms with van der Waals surface area (Å²) in [5, 5.41) is 4.75. The van der Waals surface area contributed by atoms with Crippen LogP contribution in [0.15, 0.2) is 162 Å². The number of thiophene rings is 1. The van der Waals surface area contributed by atoms with Crippen molar-refractivity contribution in [1.82, 2.24) is 4.98 Å². The van der Waals surface area contributed by atoms with Crippen molar-refractivity contribution in [2.45, 2.75) is 0 Å². The Balaban J connectivity index is 1.30. The second kappa shape index (κ2) is 10.5. The maximum Gasteiger partial charge on any atom is 0.227 e. The molecule has 0 fully saturated rings. The Hall–Kier alpha value is -5.71. The summed E-state index contributed by atoms with van der Waals surface area (Å²) in [4.78, 5) is 7.45. The van der Waals surface area contributed by atoms with Gasteiger partial charge in [0.1, 0.15) is 5.52 Å². The summed E-state index contributed by atoms with van der Waals surface area (Å²) in [6.45, 7) is 0. The Kier molecular flexibility index (Phi) is 6.00. The fraction of sp³-hybridized carbons (Fsp3) is 0. The van der Waals surface area contributed by atoms with E-state index in [4.69, 9.17) is 9.40 Å². The molecule has 0 N–H and O–H groups in total. The zero-order chi connectivity index (χ0) is 29.7. The number of rotatable bonds is 5. The number of para-hydroxylation sites is 1. The van der Waals surface area contributed by atoms with Gasteiger partial charge < -0.3 is 9.32 Å². The highest BCUT2D eigenvalue weighted by Crippen LogP contribution is 2.45. The number of anilines is 3. The normalized spacial score (nSPS) is 11.6. The molecular weight excluding hydrogens is 569 g/mol. The van der Waals surface area contributed by atoms with Gasteiger partial charge in [-0.15, -0.1) is 11.3 Å². The fourth-order valence-electron chi connectivity index (χ4n) is 6.43. The smallest absolute Gasteiger partial charge is 0.227 e. The Morgan fingerprint density at radius 2 is 1.20 bits per heavy atom. The van der Waals surface area contributed by atoms with Crippen molar-refractivity contribution in [3.63, 3.8) is 0 Å². The molecule has 0 saturated heterocycles. The highest BCUT2D eigenvalue weighted by atomic mass is 32.1. The monoisotopic (exact) mass is 594 g/mol. The third-order valence-corrected chi connectivity index (χ3v) is 9.60. The van der Waals surface area contributed by atoms with E-state index in [2.05, 4.69) is 132 Å². The van der Waals surface area contributed by atoms with Crippen molar-refractivity contribution in [1.29, 1.82) is 0 Å². The maximum absolute atomic E-state index is 6.57. The van der Waals surface area contributed by atoms with Gasteiger partial charge >= 0.3 is 0 Å². The molecule has 2 aromatic heterocycles. The summed E-state index contributed by atoms with van der Waals surface area (Å²) in [7, 11) is 0. The number of oxazole rings is 1. The summed E-state index contributed by atoms with van der Waals surface area (Å²) >= 11 is 1.85. The minimum atomic E-state index is 0.612. The van der Waals surface area contributed by atoms with Crippen molar-refractivity contribution in [3.05, 3.63) is 158 Å². The van der Waals surface area contributed by atoms with Crippen LogP contribution in [0.3, 0.4) is 0 Å². The van der Waals surface area contributed by atoms with Gasteiger partial charge in [0.2, 0.25) is 5.89 Å². The second-order valence-electron chi connectivity index (χ2n) is 11.2. The summed E-state index contributed by atoms with van der Waals surface area (Å²) in [5.74, 6) is 0.612. The van der Waals surface area contributed by atoms with E-state index >= 15 is 0 Å². The average Bonchev–Trinajstić information content (AvgIpc) is 3.73. The first-order valence-corrected chi connectivity index (χ1v) is 15.9. The van der Waals surface area contributed by atoms with E-state index in [-0.39, 0.29) is 0 Å². The van der Waals surface area contributed by atoms with Crippen LogP contribution in [0.2, 0.25) is 0 Å². The van der Waals surface area contributed by atoms with E-state index in [1.165, 1.54) is 31.3 Å². The third-order valence-electron chi connectivity index (χ3n) is 8.46. The molecule has 45 heavy (non-hydrogen) atoms. The molecule has 9 aromatic rings. The predicted molar refractivity (Wildman–Crippen MR) is 190 cm³/mol. The molecular formula is C41H26N2OS. The molecule has 3 nitrogen and oxygen atoms in total. The van der Waals surface area contributed by atoms with Crippen molar-refractivity contribution in [2.75, 3.05) is 4.90 Å². The lowest BCUT2D eigenvalue weighted by Crippen LogP contribution is -2.10. The van der Waals surface area contributed by atoms with E-state index in [0.29, 0.717) is 5.89 Å². The van der Waals surface area contributed by atoms with Crippen LogP contribution in [0, 0.1) is 0 Å². The van der Waals surface area contributed by atoms with Crippen molar-refractivity contribution in [2.24, 2.45) is 0 Å². The van der Waals surface area contributed by atoms with Crippen molar-refractivity contribution >= 4 is 70.4 Å². The molecule has 2 heterocycles. The average molecular weight is 595 g/mol. The van der Waals surface area contributed by atoms with Crippen molar-refractivity contribution in [3.8, 4) is 22.6 Å². The lowest BCUT2D eigenvalue weighted by atomic mass is 9.98.